The molecule has 0 aliphatic rings. The van der Waals surface area contributed by atoms with Crippen LogP contribution in [-0.4, -0.2) is 7.11 Å². The van der Waals surface area contributed by atoms with Gasteiger partial charge in [-0.2, -0.15) is 0 Å². The second kappa shape index (κ2) is 21.5. The van der Waals surface area contributed by atoms with Crippen molar-refractivity contribution in [1.82, 2.24) is 0 Å². The van der Waals surface area contributed by atoms with E-state index in [4.69, 9.17) is 4.74 Å². The van der Waals surface area contributed by atoms with E-state index in [0.717, 1.165) is 12.2 Å². The van der Waals surface area contributed by atoms with Gasteiger partial charge in [0.2, 0.25) is 0 Å². The van der Waals surface area contributed by atoms with Gasteiger partial charge in [0.25, 0.3) is 0 Å². The Bertz CT molecular complexity index is 383. The van der Waals surface area contributed by atoms with Crippen LogP contribution >= 0.6 is 0 Å². The predicted molar refractivity (Wildman–Crippen MR) is 104 cm³/mol. The minimum atomic E-state index is 0.917. The van der Waals surface area contributed by atoms with Gasteiger partial charge in [-0.15, -0.1) is 0 Å². The molecule has 1 nitrogen and oxygen atoms in total. The molecular formula is C21H36O. The van der Waals surface area contributed by atoms with Crippen LogP contribution in [0.25, 0.3) is 0 Å². The van der Waals surface area contributed by atoms with Crippen LogP contribution in [0.4, 0.5) is 0 Å². The fraction of sp³-hybridized carbons (Fsp3) is 0.429. The van der Waals surface area contributed by atoms with Gasteiger partial charge in [0, 0.05) is 0 Å². The van der Waals surface area contributed by atoms with Crippen molar-refractivity contribution in [3.05, 3.63) is 66.3 Å². The summed E-state index contributed by atoms with van der Waals surface area (Å²) in [5.74, 6) is 0.917. The molecule has 0 heterocycles. The van der Waals surface area contributed by atoms with Crippen molar-refractivity contribution in [3.63, 3.8) is 0 Å². The van der Waals surface area contributed by atoms with Crippen molar-refractivity contribution in [2.75, 3.05) is 7.11 Å². The third-order valence-electron chi connectivity index (χ3n) is 2.48. The van der Waals surface area contributed by atoms with E-state index in [-0.39, 0.29) is 0 Å². The normalized spacial score (nSPS) is 9.36. The first kappa shape index (κ1) is 25.2. The highest BCUT2D eigenvalue weighted by Gasteiger charge is 1.85. The van der Waals surface area contributed by atoms with E-state index in [1.807, 2.05) is 65.0 Å². The molecule has 0 saturated heterocycles. The number of allylic oxidation sites excluding steroid dienone is 5. The Labute approximate surface area is 139 Å². The van der Waals surface area contributed by atoms with E-state index in [2.05, 4.69) is 32.6 Å². The highest BCUT2D eigenvalue weighted by Crippen LogP contribution is 2.09. The Balaban J connectivity index is -0.000000267. The summed E-state index contributed by atoms with van der Waals surface area (Å²) in [4.78, 5) is 0. The average Bonchev–Trinajstić information content (AvgIpc) is 2.61. The lowest BCUT2D eigenvalue weighted by molar-refractivity contribution is 0.414. The van der Waals surface area contributed by atoms with Crippen LogP contribution in [-0.2, 0) is 0 Å². The first-order chi connectivity index (χ1) is 10.7. The molecule has 0 radical (unpaired) electrons. The summed E-state index contributed by atoms with van der Waals surface area (Å²) in [6.45, 7) is 17.8. The summed E-state index contributed by atoms with van der Waals surface area (Å²) in [5, 5.41) is 0. The monoisotopic (exact) mass is 304 g/mol. The lowest BCUT2D eigenvalue weighted by atomic mass is 10.2. The van der Waals surface area contributed by atoms with Gasteiger partial charge in [-0.1, -0.05) is 88.8 Å². The summed E-state index contributed by atoms with van der Waals surface area (Å²) >= 11 is 0. The molecule has 22 heavy (non-hydrogen) atoms. The fourth-order valence-corrected chi connectivity index (χ4v) is 1.28. The number of hydrogen-bond donors (Lipinski definition) is 0. The maximum Gasteiger partial charge on any atom is 0.118 e. The predicted octanol–water partition coefficient (Wildman–Crippen LogP) is 7.14. The highest BCUT2D eigenvalue weighted by atomic mass is 16.5. The maximum absolute atomic E-state index is 4.97. The Hall–Kier alpha value is -1.76. The average molecular weight is 305 g/mol. The van der Waals surface area contributed by atoms with Crippen LogP contribution in [0.2, 0.25) is 0 Å². The summed E-state index contributed by atoms with van der Waals surface area (Å²) in [5.41, 5.74) is 2.62. The van der Waals surface area contributed by atoms with Gasteiger partial charge in [0.05, 0.1) is 7.11 Å². The molecule has 1 aromatic carbocycles. The van der Waals surface area contributed by atoms with Gasteiger partial charge in [-0.05, 0) is 32.4 Å². The van der Waals surface area contributed by atoms with E-state index in [0.29, 0.717) is 0 Å². The van der Waals surface area contributed by atoms with Gasteiger partial charge in [-0.25, -0.2) is 0 Å². The molecule has 0 amide bonds. The highest BCUT2D eigenvalue weighted by molar-refractivity contribution is 5.25. The topological polar surface area (TPSA) is 9.23 Å². The number of methoxy groups -OCH3 is 1. The molecule has 0 spiro atoms. The molecule has 126 valence electrons. The van der Waals surface area contributed by atoms with Crippen molar-refractivity contribution in [2.45, 2.75) is 54.9 Å². The minimum Gasteiger partial charge on any atom is -0.497 e. The van der Waals surface area contributed by atoms with Crippen molar-refractivity contribution in [3.8, 4) is 5.75 Å². The lowest BCUT2D eigenvalue weighted by Crippen LogP contribution is -1.80. The fourth-order valence-electron chi connectivity index (χ4n) is 1.28. The Morgan fingerprint density at radius 2 is 1.59 bits per heavy atom. The van der Waals surface area contributed by atoms with Gasteiger partial charge >= 0.3 is 0 Å². The molecule has 0 aliphatic heterocycles. The molecule has 1 rings (SSSR count). The molecule has 0 saturated carbocycles. The summed E-state index contributed by atoms with van der Waals surface area (Å²) in [6.07, 6.45) is 9.03. The molecule has 0 N–H and O–H groups in total. The SMILES string of the molecule is C=C/C=C\C(=C/C)CC.CC.CC.COc1ccc(C)cc1. The van der Waals surface area contributed by atoms with Crippen molar-refractivity contribution in [2.24, 2.45) is 0 Å². The molecule has 1 aromatic rings. The molecule has 1 heteroatoms. The number of hydrogen-bond acceptors (Lipinski definition) is 1. The molecule has 0 unspecified atom stereocenters. The molecular weight excluding hydrogens is 268 g/mol. The molecule has 0 aromatic heterocycles. The third kappa shape index (κ3) is 16.3. The number of aryl methyl sites for hydroxylation is 1. The number of benzene rings is 1. The second-order valence-corrected chi connectivity index (χ2v) is 3.83. The zero-order chi connectivity index (χ0) is 17.8. The Kier molecular flexibility index (Phi) is 24.7. The van der Waals surface area contributed by atoms with E-state index in [1.54, 1.807) is 13.2 Å². The zero-order valence-electron chi connectivity index (χ0n) is 15.9. The van der Waals surface area contributed by atoms with Gasteiger partial charge in [0.1, 0.15) is 5.75 Å². The van der Waals surface area contributed by atoms with Gasteiger partial charge < -0.3 is 4.74 Å². The number of ether oxygens (including phenoxy) is 1. The Morgan fingerprint density at radius 1 is 1.09 bits per heavy atom. The molecule has 0 fully saturated rings. The van der Waals surface area contributed by atoms with Gasteiger partial charge in [-0.3, -0.25) is 0 Å². The molecule has 0 bridgehead atoms. The van der Waals surface area contributed by atoms with Crippen molar-refractivity contribution in [1.29, 1.82) is 0 Å². The summed E-state index contributed by atoms with van der Waals surface area (Å²) in [6, 6.07) is 7.96. The van der Waals surface area contributed by atoms with E-state index >= 15 is 0 Å². The Morgan fingerprint density at radius 3 is 1.91 bits per heavy atom. The van der Waals surface area contributed by atoms with Crippen LogP contribution in [0.3, 0.4) is 0 Å². The van der Waals surface area contributed by atoms with Gasteiger partial charge in [0.15, 0.2) is 0 Å². The van der Waals surface area contributed by atoms with E-state index in [1.165, 1.54) is 11.1 Å². The summed E-state index contributed by atoms with van der Waals surface area (Å²) in [7, 11) is 1.67. The van der Waals surface area contributed by atoms with E-state index in [9.17, 15) is 0 Å². The molecule has 0 atom stereocenters. The lowest BCUT2D eigenvalue weighted by Gasteiger charge is -1.97. The second-order valence-electron chi connectivity index (χ2n) is 3.83. The third-order valence-corrected chi connectivity index (χ3v) is 2.48. The smallest absolute Gasteiger partial charge is 0.118 e. The van der Waals surface area contributed by atoms with E-state index < -0.39 is 0 Å². The van der Waals surface area contributed by atoms with Crippen molar-refractivity contribution >= 4 is 0 Å². The standard InChI is InChI=1S/C9H14.C8H10O.2C2H6/c1-4-7-8-9(5-2)6-3;1-7-3-5-8(9-2)6-4-7;2*1-2/h4-5,7-8H,1,6H2,2-3H3;3-6H,1-2H3;2*1-2H3/b8-7-,9-5-;;;. The minimum absolute atomic E-state index is 0.917. The first-order valence-electron chi connectivity index (χ1n) is 8.22. The largest absolute Gasteiger partial charge is 0.497 e. The van der Waals surface area contributed by atoms with Crippen LogP contribution in [0.5, 0.6) is 5.75 Å². The summed E-state index contributed by atoms with van der Waals surface area (Å²) < 4.78 is 4.97. The maximum atomic E-state index is 4.97. The van der Waals surface area contributed by atoms with Crippen LogP contribution in [0.15, 0.2) is 60.7 Å². The van der Waals surface area contributed by atoms with Crippen molar-refractivity contribution < 1.29 is 4.74 Å². The quantitative estimate of drug-likeness (QED) is 0.537. The van der Waals surface area contributed by atoms with Crippen LogP contribution in [0.1, 0.15) is 53.5 Å². The first-order valence-corrected chi connectivity index (χ1v) is 8.22. The van der Waals surface area contributed by atoms with Crippen LogP contribution in [0, 0.1) is 6.92 Å². The van der Waals surface area contributed by atoms with Crippen LogP contribution < -0.4 is 4.74 Å². The zero-order valence-corrected chi connectivity index (χ0v) is 15.9. The molecule has 0 aliphatic carbocycles. The number of rotatable bonds is 4.